The van der Waals surface area contributed by atoms with E-state index in [0.717, 1.165) is 6.42 Å². The predicted molar refractivity (Wildman–Crippen MR) is 65.7 cm³/mol. The molecule has 1 aromatic rings. The molecular weight excluding hydrogens is 252 g/mol. The Bertz CT molecular complexity index is 458. The zero-order valence-corrected chi connectivity index (χ0v) is 11.2. The molecule has 0 aromatic carbocycles. The number of amides is 1. The zero-order chi connectivity index (χ0) is 14.4. The fourth-order valence-corrected chi connectivity index (χ4v) is 1.57. The first-order valence-electron chi connectivity index (χ1n) is 5.96. The van der Waals surface area contributed by atoms with Gasteiger partial charge in [0, 0.05) is 13.7 Å². The molecular formula is C11H18N4O4. The number of carboxylic acid groups (broad SMARTS) is 1. The van der Waals surface area contributed by atoms with E-state index in [2.05, 4.69) is 15.6 Å². The Morgan fingerprint density at radius 3 is 2.74 bits per heavy atom. The molecule has 19 heavy (non-hydrogen) atoms. The quantitative estimate of drug-likeness (QED) is 0.733. The summed E-state index contributed by atoms with van der Waals surface area (Å²) in [5, 5.41) is 19.0. The van der Waals surface area contributed by atoms with E-state index in [1.807, 2.05) is 6.92 Å². The van der Waals surface area contributed by atoms with Crippen LogP contribution in [-0.4, -0.2) is 45.6 Å². The van der Waals surface area contributed by atoms with Crippen LogP contribution < -0.4 is 5.32 Å². The average molecular weight is 270 g/mol. The SMILES string of the molecule is CCCNC(=O)C(C)n1nnc(C(=O)O)c1COC. The third-order valence-electron chi connectivity index (χ3n) is 2.57. The Kier molecular flexibility index (Phi) is 5.43. The van der Waals surface area contributed by atoms with E-state index in [1.165, 1.54) is 11.8 Å². The summed E-state index contributed by atoms with van der Waals surface area (Å²) in [5.74, 6) is -1.43. The van der Waals surface area contributed by atoms with Gasteiger partial charge in [0.1, 0.15) is 11.7 Å². The number of aromatic nitrogens is 3. The van der Waals surface area contributed by atoms with Crippen molar-refractivity contribution in [3.8, 4) is 0 Å². The van der Waals surface area contributed by atoms with Crippen molar-refractivity contribution in [1.29, 1.82) is 0 Å². The van der Waals surface area contributed by atoms with Crippen LogP contribution in [0.5, 0.6) is 0 Å². The van der Waals surface area contributed by atoms with Gasteiger partial charge in [0.25, 0.3) is 0 Å². The molecule has 0 aliphatic heterocycles. The third-order valence-corrected chi connectivity index (χ3v) is 2.57. The molecule has 0 fully saturated rings. The number of rotatable bonds is 7. The lowest BCUT2D eigenvalue weighted by atomic mass is 10.2. The van der Waals surface area contributed by atoms with Crippen LogP contribution in [0.3, 0.4) is 0 Å². The molecule has 0 saturated carbocycles. The standard InChI is InChI=1S/C11H18N4O4/c1-4-5-12-10(16)7(2)15-8(6-19-3)9(11(17)18)13-14-15/h7H,4-6H2,1-3H3,(H,12,16)(H,17,18). The molecule has 1 rings (SSSR count). The summed E-state index contributed by atoms with van der Waals surface area (Å²) in [7, 11) is 1.44. The molecule has 1 amide bonds. The summed E-state index contributed by atoms with van der Waals surface area (Å²) < 4.78 is 6.21. The van der Waals surface area contributed by atoms with Crippen molar-refractivity contribution >= 4 is 11.9 Å². The second kappa shape index (κ2) is 6.83. The van der Waals surface area contributed by atoms with Crippen LogP contribution in [0.2, 0.25) is 0 Å². The number of hydrogen-bond acceptors (Lipinski definition) is 5. The normalized spacial score (nSPS) is 12.2. The lowest BCUT2D eigenvalue weighted by Crippen LogP contribution is -2.32. The number of nitrogens with zero attached hydrogens (tertiary/aromatic N) is 3. The lowest BCUT2D eigenvalue weighted by Gasteiger charge is -2.14. The second-order valence-electron chi connectivity index (χ2n) is 4.03. The number of ether oxygens (including phenoxy) is 1. The highest BCUT2D eigenvalue weighted by molar-refractivity contribution is 5.87. The van der Waals surface area contributed by atoms with Gasteiger partial charge in [-0.2, -0.15) is 0 Å². The summed E-state index contributed by atoms with van der Waals surface area (Å²) in [4.78, 5) is 22.9. The highest BCUT2D eigenvalue weighted by atomic mass is 16.5. The molecule has 1 heterocycles. The first-order valence-corrected chi connectivity index (χ1v) is 5.96. The number of carbonyl (C=O) groups is 2. The van der Waals surface area contributed by atoms with E-state index in [-0.39, 0.29) is 23.9 Å². The monoisotopic (exact) mass is 270 g/mol. The molecule has 8 nitrogen and oxygen atoms in total. The second-order valence-corrected chi connectivity index (χ2v) is 4.03. The Morgan fingerprint density at radius 1 is 1.53 bits per heavy atom. The molecule has 1 aromatic heterocycles. The van der Waals surface area contributed by atoms with Crippen molar-refractivity contribution < 1.29 is 19.4 Å². The number of carboxylic acids is 1. The first kappa shape index (κ1) is 15.1. The molecule has 0 radical (unpaired) electrons. The van der Waals surface area contributed by atoms with Crippen molar-refractivity contribution in [2.24, 2.45) is 0 Å². The maximum Gasteiger partial charge on any atom is 0.358 e. The Hall–Kier alpha value is -1.96. The predicted octanol–water partition coefficient (Wildman–Crippen LogP) is 0.210. The van der Waals surface area contributed by atoms with Gasteiger partial charge in [0.15, 0.2) is 5.69 Å². The molecule has 0 saturated heterocycles. The highest BCUT2D eigenvalue weighted by Gasteiger charge is 2.24. The smallest absolute Gasteiger partial charge is 0.358 e. The molecule has 0 aliphatic carbocycles. The maximum atomic E-state index is 11.8. The summed E-state index contributed by atoms with van der Waals surface area (Å²) in [6.07, 6.45) is 0.821. The van der Waals surface area contributed by atoms with Gasteiger partial charge in [-0.25, -0.2) is 9.48 Å². The molecule has 106 valence electrons. The summed E-state index contributed by atoms with van der Waals surface area (Å²) in [6.45, 7) is 4.16. The highest BCUT2D eigenvalue weighted by Crippen LogP contribution is 2.13. The molecule has 1 unspecified atom stereocenters. The van der Waals surface area contributed by atoms with Crippen molar-refractivity contribution in [1.82, 2.24) is 20.3 Å². The van der Waals surface area contributed by atoms with Crippen LogP contribution >= 0.6 is 0 Å². The van der Waals surface area contributed by atoms with E-state index >= 15 is 0 Å². The van der Waals surface area contributed by atoms with Crippen LogP contribution in [0, 0.1) is 0 Å². The van der Waals surface area contributed by atoms with Crippen LogP contribution in [0.1, 0.15) is 42.5 Å². The number of aromatic carboxylic acids is 1. The fraction of sp³-hybridized carbons (Fsp3) is 0.636. The molecule has 2 N–H and O–H groups in total. The average Bonchev–Trinajstić information content (AvgIpc) is 2.79. The van der Waals surface area contributed by atoms with Gasteiger partial charge in [-0.05, 0) is 13.3 Å². The number of nitrogens with one attached hydrogen (secondary N) is 1. The Labute approximate surface area is 110 Å². The van der Waals surface area contributed by atoms with E-state index in [4.69, 9.17) is 9.84 Å². The van der Waals surface area contributed by atoms with E-state index < -0.39 is 12.0 Å². The van der Waals surface area contributed by atoms with Gasteiger partial charge < -0.3 is 15.2 Å². The maximum absolute atomic E-state index is 11.8. The molecule has 8 heteroatoms. The first-order chi connectivity index (χ1) is 9.02. The van der Waals surface area contributed by atoms with Crippen molar-refractivity contribution in [2.45, 2.75) is 32.9 Å². The van der Waals surface area contributed by atoms with E-state index in [1.54, 1.807) is 6.92 Å². The minimum absolute atomic E-state index is 0.0278. The fourth-order valence-electron chi connectivity index (χ4n) is 1.57. The van der Waals surface area contributed by atoms with Crippen molar-refractivity contribution in [2.75, 3.05) is 13.7 Å². The summed E-state index contributed by atoms with van der Waals surface area (Å²) in [6, 6.07) is -0.641. The van der Waals surface area contributed by atoms with Gasteiger partial charge in [-0.1, -0.05) is 12.1 Å². The van der Waals surface area contributed by atoms with Gasteiger partial charge in [-0.3, -0.25) is 4.79 Å². The van der Waals surface area contributed by atoms with Crippen LogP contribution in [0.15, 0.2) is 0 Å². The number of carbonyl (C=O) groups excluding carboxylic acids is 1. The lowest BCUT2D eigenvalue weighted by molar-refractivity contribution is -0.124. The van der Waals surface area contributed by atoms with Crippen LogP contribution in [0.4, 0.5) is 0 Å². The molecule has 0 aliphatic rings. The van der Waals surface area contributed by atoms with Gasteiger partial charge in [-0.15, -0.1) is 5.10 Å². The zero-order valence-electron chi connectivity index (χ0n) is 11.2. The Balaban J connectivity index is 2.98. The number of hydrogen-bond donors (Lipinski definition) is 2. The van der Waals surface area contributed by atoms with Gasteiger partial charge >= 0.3 is 5.97 Å². The van der Waals surface area contributed by atoms with Gasteiger partial charge in [0.05, 0.1) is 6.61 Å². The number of methoxy groups -OCH3 is 1. The van der Waals surface area contributed by atoms with Crippen molar-refractivity contribution in [3.05, 3.63) is 11.4 Å². The summed E-state index contributed by atoms with van der Waals surface area (Å²) >= 11 is 0. The topological polar surface area (TPSA) is 106 Å². The van der Waals surface area contributed by atoms with E-state index in [9.17, 15) is 9.59 Å². The Morgan fingerprint density at radius 2 is 2.21 bits per heavy atom. The molecule has 1 atom stereocenters. The largest absolute Gasteiger partial charge is 0.476 e. The summed E-state index contributed by atoms with van der Waals surface area (Å²) in [5.41, 5.74) is 0.0751. The van der Waals surface area contributed by atoms with Crippen LogP contribution in [-0.2, 0) is 16.1 Å². The third kappa shape index (κ3) is 3.50. The van der Waals surface area contributed by atoms with Gasteiger partial charge in [0.2, 0.25) is 5.91 Å². The molecule has 0 spiro atoms. The van der Waals surface area contributed by atoms with Crippen LogP contribution in [0.25, 0.3) is 0 Å². The molecule has 0 bridgehead atoms. The minimum atomic E-state index is -1.19. The van der Waals surface area contributed by atoms with E-state index in [0.29, 0.717) is 6.54 Å². The minimum Gasteiger partial charge on any atom is -0.476 e. The van der Waals surface area contributed by atoms with Crippen molar-refractivity contribution in [3.63, 3.8) is 0 Å².